The highest BCUT2D eigenvalue weighted by molar-refractivity contribution is 7.73. The van der Waals surface area contributed by atoms with Gasteiger partial charge in [-0.05, 0) is 155 Å². The first-order valence-corrected chi connectivity index (χ1v) is 47.3. The van der Waals surface area contributed by atoms with Gasteiger partial charge in [-0.15, -0.1) is 52.7 Å². The topological polar surface area (TPSA) is 374 Å². The van der Waals surface area contributed by atoms with Gasteiger partial charge in [0, 0.05) is 35.9 Å². The maximum Gasteiger partial charge on any atom is 0.192 e. The van der Waals surface area contributed by atoms with Crippen LogP contribution in [0.25, 0.3) is 0 Å². The fourth-order valence-electron chi connectivity index (χ4n) is 10.9. The lowest BCUT2D eigenvalue weighted by Gasteiger charge is -2.37. The van der Waals surface area contributed by atoms with E-state index in [1.54, 1.807) is 70.4 Å². The van der Waals surface area contributed by atoms with Gasteiger partial charge in [0.2, 0.25) is 0 Å². The molecule has 0 aromatic rings. The molecule has 4 saturated heterocycles. The van der Waals surface area contributed by atoms with Crippen LogP contribution in [0.15, 0.2) is 118 Å². The van der Waals surface area contributed by atoms with E-state index in [2.05, 4.69) is 159 Å². The monoisotopic (exact) mass is 1440 g/mol. The van der Waals surface area contributed by atoms with Crippen molar-refractivity contribution in [3.05, 3.63) is 97.7 Å². The minimum atomic E-state index is -1.97. The van der Waals surface area contributed by atoms with Crippen LogP contribution in [0, 0.1) is 0 Å². The van der Waals surface area contributed by atoms with Gasteiger partial charge in [-0.3, -0.25) is 0 Å². The van der Waals surface area contributed by atoms with Crippen LogP contribution in [0.3, 0.4) is 0 Å². The Bertz CT molecular complexity index is 3220. The van der Waals surface area contributed by atoms with Gasteiger partial charge >= 0.3 is 0 Å². The summed E-state index contributed by atoms with van der Waals surface area (Å²) in [6.07, 6.45) is 22.3. The largest absolute Gasteiger partial charge is 0.412 e. The molecular formula is C66H118N12O13P4Si. The third-order valence-corrected chi connectivity index (χ3v) is 28.4. The minimum absolute atomic E-state index is 0.0735. The van der Waals surface area contributed by atoms with Gasteiger partial charge in [0.15, 0.2) is 33.2 Å². The first-order valence-electron chi connectivity index (χ1n) is 32.2. The maximum absolute atomic E-state index is 10.7. The lowest BCUT2D eigenvalue weighted by molar-refractivity contribution is -0.109. The van der Waals surface area contributed by atoms with Gasteiger partial charge in [0.1, 0.15) is 94.5 Å². The highest BCUT2D eigenvalue weighted by Gasteiger charge is 2.56. The molecule has 8 aliphatic rings. The number of rotatable bonds is 19. The summed E-state index contributed by atoms with van der Waals surface area (Å²) in [6, 6.07) is 0. The third-order valence-electron chi connectivity index (χ3n) is 18.1. The number of ether oxygens (including phenoxy) is 4. The predicted molar refractivity (Wildman–Crippen MR) is 407 cm³/mol. The zero-order chi connectivity index (χ0) is 73.1. The second-order valence-corrected chi connectivity index (χ2v) is 52.9. The van der Waals surface area contributed by atoms with E-state index in [1.807, 2.05) is 6.92 Å². The molecule has 8 aliphatic heterocycles. The number of aliphatic hydroxyl groups is 8. The molecule has 0 amide bonds. The predicted octanol–water partition coefficient (Wildman–Crippen LogP) is 4.32. The van der Waals surface area contributed by atoms with Crippen molar-refractivity contribution < 1.29 is 64.2 Å². The molecule has 0 aromatic carbocycles. The van der Waals surface area contributed by atoms with Crippen LogP contribution in [0.2, 0.25) is 18.1 Å². The molecule has 30 heteroatoms. The Kier molecular flexibility index (Phi) is 27.4. The maximum atomic E-state index is 10.7. The average molecular weight is 1440 g/mol. The average Bonchev–Trinajstić information content (AvgIpc) is 1.62. The zero-order valence-corrected chi connectivity index (χ0v) is 64.4. The Morgan fingerprint density at radius 2 is 0.844 bits per heavy atom. The van der Waals surface area contributed by atoms with Gasteiger partial charge in [-0.2, -0.15) is 0 Å². The summed E-state index contributed by atoms with van der Waals surface area (Å²) in [5.74, 6) is 2.96. The number of hydrogen-bond acceptors (Lipinski definition) is 25. The third kappa shape index (κ3) is 21.7. The summed E-state index contributed by atoms with van der Waals surface area (Å²) in [7, 11) is -1.97. The Balaban J connectivity index is 0.000000234. The zero-order valence-electron chi connectivity index (χ0n) is 59.9. The van der Waals surface area contributed by atoms with Crippen molar-refractivity contribution >= 4 is 84.4 Å². The molecular weight excluding hydrogens is 1320 g/mol. The molecule has 0 unspecified atom stereocenters. The van der Waals surface area contributed by atoms with Crippen molar-refractivity contribution in [2.75, 3.05) is 84.6 Å². The minimum Gasteiger partial charge on any atom is -0.412 e. The van der Waals surface area contributed by atoms with Crippen LogP contribution in [-0.2, 0) is 23.4 Å². The van der Waals surface area contributed by atoms with Crippen molar-refractivity contribution in [1.82, 2.24) is 19.6 Å². The summed E-state index contributed by atoms with van der Waals surface area (Å²) in [6.45, 7) is 43.8. The van der Waals surface area contributed by atoms with E-state index in [-0.39, 0.29) is 5.04 Å². The molecule has 544 valence electrons. The normalized spacial score (nSPS) is 32.9. The molecule has 0 bridgehead atoms. The summed E-state index contributed by atoms with van der Waals surface area (Å²) in [5.41, 5.74) is 21.8. The van der Waals surface area contributed by atoms with Crippen LogP contribution in [0.4, 0.5) is 0 Å². The molecule has 0 radical (unpaired) electrons. The molecule has 0 aromatic heterocycles. The van der Waals surface area contributed by atoms with E-state index in [9.17, 15) is 40.9 Å². The summed E-state index contributed by atoms with van der Waals surface area (Å²) in [4.78, 5) is 23.1. The van der Waals surface area contributed by atoms with E-state index in [0.29, 0.717) is 84.5 Å². The second-order valence-electron chi connectivity index (χ2n) is 30.8. The SMILES string of the molecule is C=C1N=C(N)C(C)=CN1[C@@H]1O[C@H](CCP(=C)(C)C)[C@@H](O)[C@H]1O.C=C1N=C(N)C(CO[Si](C)(C)C(C)(C)C)=CN1[C@@H]1O[C@H](CCP(=C)(C)C)[C@@H](O)[C@H]1O.C=C1N=C(N)C=CN1[C@@H]1O[C@H](CCP(=C)(C)C)[C@@H](O)[C@@]1(C)O.C=C1N=C(N)C=CN1[C@@H]1O[C@H](CCP(=C)(C)C)[C@@H](O)[C@]1(C)O. The molecule has 16 atom stereocenters. The molecule has 96 heavy (non-hydrogen) atoms. The van der Waals surface area contributed by atoms with Gasteiger partial charge in [0.25, 0.3) is 0 Å². The summed E-state index contributed by atoms with van der Waals surface area (Å²) in [5, 5.41) is 84.0. The first kappa shape index (κ1) is 82.6. The van der Waals surface area contributed by atoms with Crippen molar-refractivity contribution in [3.8, 4) is 0 Å². The highest BCUT2D eigenvalue weighted by Crippen LogP contribution is 2.45. The van der Waals surface area contributed by atoms with Crippen LogP contribution >= 0.6 is 27.5 Å². The smallest absolute Gasteiger partial charge is 0.192 e. The van der Waals surface area contributed by atoms with Crippen molar-refractivity contribution in [1.29, 1.82) is 0 Å². The highest BCUT2D eigenvalue weighted by atomic mass is 31.2. The van der Waals surface area contributed by atoms with Gasteiger partial charge < -0.3 is 107 Å². The number of aliphatic hydroxyl groups excluding tert-OH is 6. The molecule has 8 rings (SSSR count). The van der Waals surface area contributed by atoms with Gasteiger partial charge in [-0.1, -0.05) is 47.1 Å². The molecule has 16 N–H and O–H groups in total. The molecule has 0 spiro atoms. The van der Waals surface area contributed by atoms with Crippen molar-refractivity contribution in [3.63, 3.8) is 0 Å². The summed E-state index contributed by atoms with van der Waals surface area (Å²) < 4.78 is 30.1. The van der Waals surface area contributed by atoms with Crippen LogP contribution in [0.1, 0.15) is 67.2 Å². The van der Waals surface area contributed by atoms with E-state index in [1.165, 1.54) is 0 Å². The van der Waals surface area contributed by atoms with E-state index < -0.39 is 133 Å². The Labute approximate surface area is 573 Å². The lowest BCUT2D eigenvalue weighted by Crippen LogP contribution is -2.51. The number of aliphatic imine (C=N–C) groups is 4. The molecule has 0 aliphatic carbocycles. The van der Waals surface area contributed by atoms with E-state index >= 15 is 0 Å². The van der Waals surface area contributed by atoms with Gasteiger partial charge in [-0.25, -0.2) is 20.0 Å². The molecule has 0 saturated carbocycles. The Morgan fingerprint density at radius 1 is 0.521 bits per heavy atom. The second kappa shape index (κ2) is 31.8. The fraction of sp³-hybridized carbons (Fsp3) is 0.636. The number of nitrogens with two attached hydrogens (primary N) is 4. The van der Waals surface area contributed by atoms with Crippen molar-refractivity contribution in [2.24, 2.45) is 42.9 Å². The number of hydrogen-bond donors (Lipinski definition) is 12. The standard InChI is InChI=1S/C21H40N3O4PSi.3C15H26N3O3P/c1-14-23-19(22)15(13-27-30(8,9)21(2,3)4)12-24(14)20-18(26)17(25)16(28-20)10-11-29(5,6)7;2*1-10-17-12(16)6-8-18(10)14-15(2,20)13(19)11(21-14)7-9-22(3,4)5;1-9-8-18(10(2)17-14(9)16)15-13(20)12(19)11(21-15)6-7-22(3,4)5/h12,16-18,20,25-26H,1,5,10-11,13H2,2-4,6-9H3,(H2,22,23);2*6,8,11,13-14,19-20H,1,3,7,9H2,2,4-5H3,(H2,16,17);8,11-13,15,19-20H,2-3,6-7H2,1,4-5H3,(H2,16,17)/t16-,17-,18-,20-;11-,13-,14-,15+;11-,13-,14-,15-;11-,12-,13-,15-/m1111/s1. The quantitative estimate of drug-likeness (QED) is 0.0633. The van der Waals surface area contributed by atoms with Crippen LogP contribution < -0.4 is 22.9 Å². The molecule has 8 heterocycles. The van der Waals surface area contributed by atoms with E-state index in [0.717, 1.165) is 30.2 Å². The number of nitrogens with zero attached hydrogens (tertiary/aromatic N) is 8. The summed E-state index contributed by atoms with van der Waals surface area (Å²) >= 11 is 0. The Morgan fingerprint density at radius 3 is 1.18 bits per heavy atom. The Hall–Kier alpha value is -4.10. The van der Waals surface area contributed by atoms with Crippen LogP contribution in [-0.4, -0.2) is 299 Å². The molecule has 25 nitrogen and oxygen atoms in total. The number of amidine groups is 4. The van der Waals surface area contributed by atoms with Crippen LogP contribution in [0.5, 0.6) is 0 Å². The fourth-order valence-corrected chi connectivity index (χ4v) is 15.7. The first-order chi connectivity index (χ1) is 43.7. The van der Waals surface area contributed by atoms with Crippen molar-refractivity contribution in [2.45, 2.75) is 183 Å². The lowest BCUT2D eigenvalue weighted by atomic mass is 9.95. The molecule has 4 fully saturated rings. The van der Waals surface area contributed by atoms with Gasteiger partial charge in [0.05, 0.1) is 31.0 Å². The van der Waals surface area contributed by atoms with E-state index in [4.69, 9.17) is 46.3 Å².